The fourth-order valence-electron chi connectivity index (χ4n) is 3.91. The lowest BCUT2D eigenvalue weighted by Gasteiger charge is -2.24. The summed E-state index contributed by atoms with van der Waals surface area (Å²) in [6.07, 6.45) is -0.972. The van der Waals surface area contributed by atoms with E-state index in [9.17, 15) is 13.2 Å². The van der Waals surface area contributed by atoms with E-state index in [2.05, 4.69) is 25.0 Å². The predicted molar refractivity (Wildman–Crippen MR) is 117 cm³/mol. The summed E-state index contributed by atoms with van der Waals surface area (Å²) in [5.74, 6) is -1.14. The van der Waals surface area contributed by atoms with Crippen molar-refractivity contribution in [3.8, 4) is 0 Å². The summed E-state index contributed by atoms with van der Waals surface area (Å²) in [6.45, 7) is 3.41. The number of carbonyl (C=O) groups is 1. The summed E-state index contributed by atoms with van der Waals surface area (Å²) in [6, 6.07) is 8.68. The van der Waals surface area contributed by atoms with E-state index in [0.29, 0.717) is 16.7 Å². The van der Waals surface area contributed by atoms with Gasteiger partial charge in [0.2, 0.25) is 6.29 Å². The minimum Gasteiger partial charge on any atom is -0.340 e. The third kappa shape index (κ3) is 4.15. The number of hydrogen-bond donors (Lipinski definition) is 2. The van der Waals surface area contributed by atoms with Crippen molar-refractivity contribution in [2.24, 2.45) is 0 Å². The average Bonchev–Trinajstić information content (AvgIpc) is 3.46. The summed E-state index contributed by atoms with van der Waals surface area (Å²) in [5, 5.41) is 2.74. The van der Waals surface area contributed by atoms with Crippen molar-refractivity contribution in [3.05, 3.63) is 48.5 Å². The van der Waals surface area contributed by atoms with E-state index < -0.39 is 40.8 Å². The Bertz CT molecular complexity index is 1330. The maximum absolute atomic E-state index is 12.6. The van der Waals surface area contributed by atoms with Gasteiger partial charge in [0, 0.05) is 12.6 Å². The van der Waals surface area contributed by atoms with Gasteiger partial charge in [0.15, 0.2) is 29.0 Å². The Hall–Kier alpha value is -3.01. The van der Waals surface area contributed by atoms with Crippen LogP contribution in [0.2, 0.25) is 0 Å². The highest BCUT2D eigenvalue weighted by atomic mass is 32.2. The number of nitrogens with zero attached hydrogens (tertiary/aromatic N) is 4. The summed E-state index contributed by atoms with van der Waals surface area (Å²) in [4.78, 5) is 25.4. The van der Waals surface area contributed by atoms with Crippen LogP contribution in [0.1, 0.15) is 30.4 Å². The van der Waals surface area contributed by atoms with Gasteiger partial charge in [-0.25, -0.2) is 19.1 Å². The molecule has 180 valence electrons. The third-order valence-corrected chi connectivity index (χ3v) is 6.30. The van der Waals surface area contributed by atoms with E-state index in [1.165, 1.54) is 19.7 Å². The van der Waals surface area contributed by atoms with Crippen LogP contribution in [0.3, 0.4) is 0 Å². The number of fused-ring (bicyclic) bond motifs is 2. The van der Waals surface area contributed by atoms with Crippen LogP contribution < -0.4 is 10.0 Å². The van der Waals surface area contributed by atoms with Gasteiger partial charge < -0.3 is 19.5 Å². The summed E-state index contributed by atoms with van der Waals surface area (Å²) in [7, 11) is -2.85. The maximum atomic E-state index is 12.6. The van der Waals surface area contributed by atoms with Crippen LogP contribution in [0.4, 0.5) is 5.82 Å². The van der Waals surface area contributed by atoms with Gasteiger partial charge in [-0.2, -0.15) is 13.1 Å². The molecule has 0 saturated carbocycles. The second-order valence-electron chi connectivity index (χ2n) is 8.08. The first-order valence-electron chi connectivity index (χ1n) is 10.3. The number of carbonyl (C=O) groups excluding carboxylic acids is 1. The molecule has 2 aliphatic heterocycles. The average molecular weight is 490 g/mol. The molecular weight excluding hydrogens is 468 g/mol. The molecule has 1 aromatic carbocycles. The Labute approximate surface area is 194 Å². The highest BCUT2D eigenvalue weighted by Gasteiger charge is 2.58. The van der Waals surface area contributed by atoms with Gasteiger partial charge >= 0.3 is 10.3 Å². The molecule has 0 bridgehead atoms. The van der Waals surface area contributed by atoms with Gasteiger partial charge in [-0.3, -0.25) is 9.36 Å². The smallest absolute Gasteiger partial charge is 0.338 e. The minimum atomic E-state index is -4.07. The van der Waals surface area contributed by atoms with Crippen molar-refractivity contribution in [1.29, 1.82) is 0 Å². The van der Waals surface area contributed by atoms with E-state index in [4.69, 9.17) is 18.4 Å². The van der Waals surface area contributed by atoms with Crippen LogP contribution in [0.25, 0.3) is 11.2 Å². The highest BCUT2D eigenvalue weighted by molar-refractivity contribution is 7.84. The molecule has 34 heavy (non-hydrogen) atoms. The highest BCUT2D eigenvalue weighted by Crippen LogP contribution is 2.44. The van der Waals surface area contributed by atoms with Crippen LogP contribution in [0.15, 0.2) is 43.0 Å². The van der Waals surface area contributed by atoms with Gasteiger partial charge in [-0.15, -0.1) is 0 Å². The van der Waals surface area contributed by atoms with E-state index in [1.807, 2.05) is 6.07 Å². The van der Waals surface area contributed by atoms with Crippen molar-refractivity contribution in [2.45, 2.75) is 44.4 Å². The number of benzene rings is 1. The molecule has 13 nitrogen and oxygen atoms in total. The summed E-state index contributed by atoms with van der Waals surface area (Å²) < 4.78 is 50.5. The third-order valence-electron chi connectivity index (χ3n) is 5.36. The topological polar surface area (TPSA) is 156 Å². The Morgan fingerprint density at radius 1 is 1.12 bits per heavy atom. The lowest BCUT2D eigenvalue weighted by molar-refractivity contribution is -0.223. The van der Waals surface area contributed by atoms with Crippen molar-refractivity contribution in [2.75, 3.05) is 12.4 Å². The largest absolute Gasteiger partial charge is 0.340 e. The van der Waals surface area contributed by atoms with Crippen molar-refractivity contribution in [1.82, 2.24) is 24.2 Å². The SMILES string of the molecule is CNS(=O)(=O)O[C@H]1O[C@@H](n2cnc3c(NC(=O)c4ccccc4)ncnc32)[C@@H]2OC(C)(C)O[C@@H]12. The number of amides is 1. The molecular formula is C20H22N6O7S. The van der Waals surface area contributed by atoms with Crippen LogP contribution >= 0.6 is 0 Å². The quantitative estimate of drug-likeness (QED) is 0.510. The molecule has 5 rings (SSSR count). The summed E-state index contributed by atoms with van der Waals surface area (Å²) in [5.41, 5.74) is 1.12. The predicted octanol–water partition coefficient (Wildman–Crippen LogP) is 0.934. The van der Waals surface area contributed by atoms with Gasteiger partial charge in [-0.1, -0.05) is 18.2 Å². The number of aromatic nitrogens is 4. The number of ether oxygens (including phenoxy) is 3. The first kappa shape index (κ1) is 22.8. The van der Waals surface area contributed by atoms with Crippen molar-refractivity contribution in [3.63, 3.8) is 0 Å². The zero-order valence-electron chi connectivity index (χ0n) is 18.4. The van der Waals surface area contributed by atoms with Crippen molar-refractivity contribution < 1.29 is 31.6 Å². The lowest BCUT2D eigenvalue weighted by atomic mass is 10.2. The zero-order chi connectivity index (χ0) is 24.1. The molecule has 3 aromatic rings. The first-order valence-corrected chi connectivity index (χ1v) is 11.7. The van der Waals surface area contributed by atoms with Gasteiger partial charge in [0.25, 0.3) is 5.91 Å². The number of imidazole rings is 1. The molecule has 14 heteroatoms. The lowest BCUT2D eigenvalue weighted by Crippen LogP contribution is -2.36. The minimum absolute atomic E-state index is 0.210. The standard InChI is InChI=1S/C20H22N6O7S/c1-20(2)31-13-14(32-20)19(33-34(28,29)21-3)30-18(13)26-10-24-12-15(22-9-23-16(12)26)25-17(27)11-7-5-4-6-8-11/h4-10,13-14,18-19,21H,1-3H3,(H,22,23,25,27)/t13-,14-,18-,19-/m1/s1. The molecule has 2 aliphatic rings. The molecule has 4 atom stereocenters. The molecule has 0 radical (unpaired) electrons. The Kier molecular flexibility index (Phi) is 5.58. The molecule has 2 fully saturated rings. The van der Waals surface area contributed by atoms with Gasteiger partial charge in [-0.05, 0) is 26.0 Å². The molecule has 4 heterocycles. The second-order valence-corrected chi connectivity index (χ2v) is 9.59. The molecule has 0 spiro atoms. The number of anilines is 1. The van der Waals surface area contributed by atoms with Crippen LogP contribution in [0.5, 0.6) is 0 Å². The Morgan fingerprint density at radius 3 is 2.59 bits per heavy atom. The molecule has 2 aromatic heterocycles. The molecule has 2 N–H and O–H groups in total. The van der Waals surface area contributed by atoms with E-state index in [-0.39, 0.29) is 11.7 Å². The van der Waals surface area contributed by atoms with E-state index in [0.717, 1.165) is 0 Å². The molecule has 2 saturated heterocycles. The number of rotatable bonds is 6. The first-order chi connectivity index (χ1) is 16.2. The zero-order valence-corrected chi connectivity index (χ0v) is 19.2. The van der Waals surface area contributed by atoms with E-state index in [1.54, 1.807) is 42.7 Å². The fourth-order valence-corrected chi connectivity index (χ4v) is 4.41. The Balaban J connectivity index is 1.47. The monoisotopic (exact) mass is 490 g/mol. The fraction of sp³-hybridized carbons (Fsp3) is 0.400. The molecule has 0 aliphatic carbocycles. The van der Waals surface area contributed by atoms with Crippen molar-refractivity contribution >= 4 is 33.2 Å². The number of hydrogen-bond acceptors (Lipinski definition) is 10. The molecule has 1 amide bonds. The van der Waals surface area contributed by atoms with Gasteiger partial charge in [0.05, 0.1) is 6.33 Å². The molecule has 0 unspecified atom stereocenters. The van der Waals surface area contributed by atoms with Crippen LogP contribution in [-0.2, 0) is 28.7 Å². The van der Waals surface area contributed by atoms with Gasteiger partial charge in [0.1, 0.15) is 18.5 Å². The second kappa shape index (κ2) is 8.33. The van der Waals surface area contributed by atoms with Crippen LogP contribution in [-0.4, -0.2) is 65.2 Å². The normalized spacial score (nSPS) is 26.0. The van der Waals surface area contributed by atoms with E-state index >= 15 is 0 Å². The number of nitrogens with one attached hydrogen (secondary N) is 2. The summed E-state index contributed by atoms with van der Waals surface area (Å²) >= 11 is 0. The maximum Gasteiger partial charge on any atom is 0.338 e. The Morgan fingerprint density at radius 2 is 1.85 bits per heavy atom. The van der Waals surface area contributed by atoms with Crippen LogP contribution in [0, 0.1) is 0 Å².